The Kier molecular flexibility index (Phi) is 3.55. The highest BCUT2D eigenvalue weighted by Gasteiger charge is 2.12. The van der Waals surface area contributed by atoms with Crippen LogP contribution < -0.4 is 5.73 Å². The summed E-state index contributed by atoms with van der Waals surface area (Å²) in [5, 5.41) is 7.86. The largest absolute Gasteiger partial charge is 0.420 e. The minimum atomic E-state index is 0.513. The number of nitrogens with zero attached hydrogens (tertiary/aromatic N) is 2. The Morgan fingerprint density at radius 1 is 1.40 bits per heavy atom. The average molecular weight is 353 g/mol. The minimum Gasteiger partial charge on any atom is -0.420 e. The van der Waals surface area contributed by atoms with Crippen LogP contribution in [0.4, 0.5) is 0 Å². The maximum Gasteiger partial charge on any atom is 0.257 e. The second-order valence-electron chi connectivity index (χ2n) is 2.77. The number of rotatable bonds is 3. The molecule has 7 heteroatoms. The fraction of sp³-hybridized carbons (Fsp3) is 0.250. The summed E-state index contributed by atoms with van der Waals surface area (Å²) in [5.41, 5.74) is 5.40. The Morgan fingerprint density at radius 2 is 2.20 bits per heavy atom. The first-order valence-corrected chi connectivity index (χ1v) is 6.58. The van der Waals surface area contributed by atoms with Gasteiger partial charge in [0.05, 0.1) is 8.66 Å². The van der Waals surface area contributed by atoms with E-state index in [9.17, 15) is 0 Å². The zero-order valence-corrected chi connectivity index (χ0v) is 11.5. The normalized spacial score (nSPS) is 10.9. The molecule has 0 radical (unpaired) electrons. The number of hydrogen-bond donors (Lipinski definition) is 1. The highest BCUT2D eigenvalue weighted by Crippen LogP contribution is 2.37. The molecular formula is C8H7Br2N3OS. The van der Waals surface area contributed by atoms with Crippen LogP contribution >= 0.6 is 43.2 Å². The first-order chi connectivity index (χ1) is 7.20. The van der Waals surface area contributed by atoms with Crippen LogP contribution in [-0.2, 0) is 6.42 Å². The van der Waals surface area contributed by atoms with Gasteiger partial charge >= 0.3 is 0 Å². The lowest BCUT2D eigenvalue weighted by Crippen LogP contribution is -2.02. The van der Waals surface area contributed by atoms with Crippen LogP contribution in [-0.4, -0.2) is 16.7 Å². The van der Waals surface area contributed by atoms with Crippen molar-refractivity contribution < 1.29 is 4.42 Å². The molecule has 2 heterocycles. The van der Waals surface area contributed by atoms with Crippen LogP contribution in [0.1, 0.15) is 5.89 Å². The number of halogens is 2. The fourth-order valence-electron chi connectivity index (χ4n) is 1.03. The minimum absolute atomic E-state index is 0.513. The van der Waals surface area contributed by atoms with E-state index in [-0.39, 0.29) is 0 Å². The molecule has 0 amide bonds. The quantitative estimate of drug-likeness (QED) is 0.922. The van der Waals surface area contributed by atoms with Crippen molar-refractivity contribution in [2.45, 2.75) is 6.42 Å². The molecule has 0 saturated carbocycles. The van der Waals surface area contributed by atoms with E-state index < -0.39 is 0 Å². The predicted octanol–water partition coefficient (Wildman–Crippen LogP) is 2.82. The third kappa shape index (κ3) is 2.47. The average Bonchev–Trinajstić information content (AvgIpc) is 2.76. The molecule has 0 fully saturated rings. The molecule has 2 aromatic rings. The molecule has 0 saturated heterocycles. The molecule has 80 valence electrons. The van der Waals surface area contributed by atoms with Crippen molar-refractivity contribution in [2.75, 3.05) is 6.54 Å². The van der Waals surface area contributed by atoms with Crippen molar-refractivity contribution in [1.29, 1.82) is 0 Å². The number of thiophene rings is 1. The van der Waals surface area contributed by atoms with Gasteiger partial charge in [-0.1, -0.05) is 0 Å². The maximum atomic E-state index is 5.44. The summed E-state index contributed by atoms with van der Waals surface area (Å²) in [6.45, 7) is 0.513. The van der Waals surface area contributed by atoms with E-state index in [1.54, 1.807) is 11.3 Å². The zero-order chi connectivity index (χ0) is 10.8. The monoisotopic (exact) mass is 351 g/mol. The Balaban J connectivity index is 2.28. The van der Waals surface area contributed by atoms with Gasteiger partial charge in [0.2, 0.25) is 5.89 Å². The summed E-state index contributed by atoms with van der Waals surface area (Å²) in [6.07, 6.45) is 0.612. The highest BCUT2D eigenvalue weighted by molar-refractivity contribution is 9.13. The maximum absolute atomic E-state index is 5.44. The Morgan fingerprint density at radius 3 is 2.80 bits per heavy atom. The lowest BCUT2D eigenvalue weighted by atomic mass is 10.4. The van der Waals surface area contributed by atoms with Gasteiger partial charge < -0.3 is 10.2 Å². The third-order valence-corrected chi connectivity index (χ3v) is 4.93. The lowest BCUT2D eigenvalue weighted by Gasteiger charge is -1.87. The smallest absolute Gasteiger partial charge is 0.257 e. The molecule has 15 heavy (non-hydrogen) atoms. The van der Waals surface area contributed by atoms with E-state index in [0.29, 0.717) is 24.7 Å². The van der Waals surface area contributed by atoms with Gasteiger partial charge in [0.25, 0.3) is 5.89 Å². The van der Waals surface area contributed by atoms with E-state index >= 15 is 0 Å². The number of aromatic nitrogens is 2. The van der Waals surface area contributed by atoms with Crippen molar-refractivity contribution in [2.24, 2.45) is 5.73 Å². The van der Waals surface area contributed by atoms with Gasteiger partial charge in [0, 0.05) is 17.4 Å². The molecule has 2 N–H and O–H groups in total. The molecule has 0 aliphatic heterocycles. The van der Waals surface area contributed by atoms with E-state index in [0.717, 1.165) is 13.1 Å². The number of nitrogens with two attached hydrogens (primary N) is 1. The molecule has 0 unspecified atom stereocenters. The van der Waals surface area contributed by atoms with Gasteiger partial charge in [-0.05, 0) is 37.9 Å². The van der Waals surface area contributed by atoms with E-state index in [4.69, 9.17) is 10.2 Å². The molecule has 4 nitrogen and oxygen atoms in total. The molecule has 0 aliphatic rings. The van der Waals surface area contributed by atoms with Crippen molar-refractivity contribution in [3.63, 3.8) is 0 Å². The van der Waals surface area contributed by atoms with Crippen LogP contribution in [0, 0.1) is 0 Å². The van der Waals surface area contributed by atoms with Crippen molar-refractivity contribution in [3.8, 4) is 10.8 Å². The van der Waals surface area contributed by atoms with Gasteiger partial charge in [0.1, 0.15) is 0 Å². The van der Waals surface area contributed by atoms with Gasteiger partial charge in [-0.25, -0.2) is 0 Å². The third-order valence-electron chi connectivity index (χ3n) is 1.68. The summed E-state index contributed by atoms with van der Waals surface area (Å²) >= 11 is 8.36. The molecule has 2 aromatic heterocycles. The summed E-state index contributed by atoms with van der Waals surface area (Å²) in [7, 11) is 0. The second-order valence-corrected chi connectivity index (χ2v) is 6.00. The SMILES string of the molecule is NCCc1nnc(-c2cc(Br)c(Br)s2)o1. The first-order valence-electron chi connectivity index (χ1n) is 4.18. The fourth-order valence-corrected chi connectivity index (χ4v) is 2.99. The standard InChI is InChI=1S/C8H7Br2N3OS/c9-4-3-5(15-7(4)10)8-13-12-6(14-8)1-2-11/h3H,1-2,11H2. The van der Waals surface area contributed by atoms with Gasteiger partial charge in [-0.15, -0.1) is 21.5 Å². The summed E-state index contributed by atoms with van der Waals surface area (Å²) < 4.78 is 7.44. The molecule has 0 bridgehead atoms. The topological polar surface area (TPSA) is 64.9 Å². The van der Waals surface area contributed by atoms with Crippen molar-refractivity contribution in [1.82, 2.24) is 10.2 Å². The van der Waals surface area contributed by atoms with Crippen molar-refractivity contribution in [3.05, 3.63) is 20.2 Å². The molecule has 0 aromatic carbocycles. The van der Waals surface area contributed by atoms with Gasteiger partial charge in [-0.3, -0.25) is 0 Å². The van der Waals surface area contributed by atoms with Gasteiger partial charge in [-0.2, -0.15) is 0 Å². The van der Waals surface area contributed by atoms with E-state index in [2.05, 4.69) is 42.1 Å². The zero-order valence-electron chi connectivity index (χ0n) is 7.54. The lowest BCUT2D eigenvalue weighted by molar-refractivity contribution is 0.508. The molecule has 0 aliphatic carbocycles. The van der Waals surface area contributed by atoms with Crippen LogP contribution in [0.15, 0.2) is 18.7 Å². The molecular weight excluding hydrogens is 346 g/mol. The van der Waals surface area contributed by atoms with E-state index in [1.165, 1.54) is 0 Å². The summed E-state index contributed by atoms with van der Waals surface area (Å²) in [4.78, 5) is 0.935. The van der Waals surface area contributed by atoms with Crippen LogP contribution in [0.3, 0.4) is 0 Å². The summed E-state index contributed by atoms with van der Waals surface area (Å²) in [6, 6.07) is 1.94. The van der Waals surface area contributed by atoms with Crippen LogP contribution in [0.25, 0.3) is 10.8 Å². The Bertz CT molecular complexity index is 449. The van der Waals surface area contributed by atoms with E-state index in [1.807, 2.05) is 6.07 Å². The summed E-state index contributed by atoms with van der Waals surface area (Å²) in [5.74, 6) is 1.11. The highest BCUT2D eigenvalue weighted by atomic mass is 79.9. The predicted molar refractivity (Wildman–Crippen MR) is 65.8 cm³/mol. The van der Waals surface area contributed by atoms with Crippen molar-refractivity contribution >= 4 is 43.2 Å². The number of hydrogen-bond acceptors (Lipinski definition) is 5. The first kappa shape index (κ1) is 11.3. The Labute approximate surface area is 107 Å². The second kappa shape index (κ2) is 4.73. The molecule has 0 atom stereocenters. The molecule has 0 spiro atoms. The van der Waals surface area contributed by atoms with Crippen LogP contribution in [0.2, 0.25) is 0 Å². The molecule has 2 rings (SSSR count). The Hall–Kier alpha value is -0.240. The van der Waals surface area contributed by atoms with Gasteiger partial charge in [0.15, 0.2) is 0 Å². The van der Waals surface area contributed by atoms with Crippen LogP contribution in [0.5, 0.6) is 0 Å².